The summed E-state index contributed by atoms with van der Waals surface area (Å²) in [5, 5.41) is 8.07. The molecule has 0 aliphatic heterocycles. The minimum Gasteiger partial charge on any atom is -0.249 e. The predicted molar refractivity (Wildman–Crippen MR) is 58.0 cm³/mol. The van der Waals surface area contributed by atoms with E-state index < -0.39 is 0 Å². The van der Waals surface area contributed by atoms with Gasteiger partial charge in [0.15, 0.2) is 0 Å². The van der Waals surface area contributed by atoms with Crippen LogP contribution in [0.4, 0.5) is 0 Å². The van der Waals surface area contributed by atoms with Crippen molar-refractivity contribution in [3.05, 3.63) is 11.9 Å². The molecule has 0 radical (unpaired) electrons. The molecule has 0 saturated carbocycles. The Morgan fingerprint density at radius 1 is 1.21 bits per heavy atom. The van der Waals surface area contributed by atoms with Crippen LogP contribution in [0.25, 0.3) is 0 Å². The highest BCUT2D eigenvalue weighted by atomic mass is 15.4. The van der Waals surface area contributed by atoms with Crippen LogP contribution in [-0.2, 0) is 13.0 Å². The van der Waals surface area contributed by atoms with E-state index in [2.05, 4.69) is 38.0 Å². The Balaban J connectivity index is 2.53. The zero-order chi connectivity index (χ0) is 10.6. The molecular weight excluding hydrogens is 174 g/mol. The van der Waals surface area contributed by atoms with Gasteiger partial charge in [0, 0.05) is 6.54 Å². The maximum atomic E-state index is 4.10. The molecule has 0 aliphatic rings. The Morgan fingerprint density at radius 3 is 2.50 bits per heavy atom. The summed E-state index contributed by atoms with van der Waals surface area (Å²) in [6, 6.07) is 0. The summed E-state index contributed by atoms with van der Waals surface area (Å²) in [5.41, 5.74) is 1.27. The van der Waals surface area contributed by atoms with E-state index in [1.54, 1.807) is 0 Å². The van der Waals surface area contributed by atoms with Crippen LogP contribution >= 0.6 is 0 Å². The van der Waals surface area contributed by atoms with E-state index in [-0.39, 0.29) is 0 Å². The molecule has 3 heteroatoms. The van der Waals surface area contributed by atoms with Crippen molar-refractivity contribution in [2.45, 2.75) is 47.1 Å². The first-order chi connectivity index (χ1) is 6.59. The quantitative estimate of drug-likeness (QED) is 0.722. The highest BCUT2D eigenvalue weighted by Gasteiger charge is 2.06. The first-order valence-electron chi connectivity index (χ1n) is 5.47. The summed E-state index contributed by atoms with van der Waals surface area (Å²) in [4.78, 5) is 0. The van der Waals surface area contributed by atoms with Crippen LogP contribution in [0.3, 0.4) is 0 Å². The lowest BCUT2D eigenvalue weighted by Gasteiger charge is -2.09. The number of aryl methyl sites for hydroxylation is 1. The highest BCUT2D eigenvalue weighted by molar-refractivity contribution is 4.94. The number of hydrogen-bond acceptors (Lipinski definition) is 2. The van der Waals surface area contributed by atoms with Crippen molar-refractivity contribution in [2.75, 3.05) is 0 Å². The van der Waals surface area contributed by atoms with Gasteiger partial charge in [-0.05, 0) is 24.7 Å². The SMILES string of the molecule is CC(C)CCc1cnnn1CC(C)C. The third-order valence-corrected chi connectivity index (χ3v) is 2.21. The molecule has 1 aromatic heterocycles. The number of aromatic nitrogens is 3. The van der Waals surface area contributed by atoms with Crippen LogP contribution in [0.15, 0.2) is 6.20 Å². The average molecular weight is 195 g/mol. The van der Waals surface area contributed by atoms with Crippen molar-refractivity contribution in [3.63, 3.8) is 0 Å². The van der Waals surface area contributed by atoms with E-state index >= 15 is 0 Å². The molecule has 3 nitrogen and oxygen atoms in total. The molecular formula is C11H21N3. The van der Waals surface area contributed by atoms with Crippen molar-refractivity contribution in [3.8, 4) is 0 Å². The molecule has 0 spiro atoms. The lowest BCUT2D eigenvalue weighted by atomic mass is 10.1. The van der Waals surface area contributed by atoms with Crippen LogP contribution in [0.2, 0.25) is 0 Å². The zero-order valence-electron chi connectivity index (χ0n) is 9.70. The molecule has 1 aromatic rings. The molecule has 0 fully saturated rings. The van der Waals surface area contributed by atoms with Gasteiger partial charge >= 0.3 is 0 Å². The summed E-state index contributed by atoms with van der Waals surface area (Å²) in [5.74, 6) is 1.38. The van der Waals surface area contributed by atoms with Crippen LogP contribution in [0.5, 0.6) is 0 Å². The number of nitrogens with zero attached hydrogens (tertiary/aromatic N) is 3. The Morgan fingerprint density at radius 2 is 1.93 bits per heavy atom. The molecule has 14 heavy (non-hydrogen) atoms. The third kappa shape index (κ3) is 3.48. The van der Waals surface area contributed by atoms with Gasteiger partial charge in [-0.3, -0.25) is 0 Å². The minimum atomic E-state index is 0.634. The fourth-order valence-electron chi connectivity index (χ4n) is 1.41. The highest BCUT2D eigenvalue weighted by Crippen LogP contribution is 2.09. The van der Waals surface area contributed by atoms with Gasteiger partial charge in [0.1, 0.15) is 0 Å². The first-order valence-corrected chi connectivity index (χ1v) is 5.47. The van der Waals surface area contributed by atoms with E-state index in [1.165, 1.54) is 12.1 Å². The second-order valence-electron chi connectivity index (χ2n) is 4.73. The summed E-state index contributed by atoms with van der Waals surface area (Å²) in [7, 11) is 0. The van der Waals surface area contributed by atoms with Gasteiger partial charge in [-0.25, -0.2) is 4.68 Å². The molecule has 0 aromatic carbocycles. The second-order valence-corrected chi connectivity index (χ2v) is 4.73. The molecule has 0 amide bonds. The van der Waals surface area contributed by atoms with Crippen molar-refractivity contribution in [1.82, 2.24) is 15.0 Å². The Bertz CT molecular complexity index is 263. The summed E-state index contributed by atoms with van der Waals surface area (Å²) in [6.45, 7) is 9.88. The summed E-state index contributed by atoms with van der Waals surface area (Å²) < 4.78 is 2.03. The average Bonchev–Trinajstić information content (AvgIpc) is 2.47. The van der Waals surface area contributed by atoms with Crippen LogP contribution in [-0.4, -0.2) is 15.0 Å². The van der Waals surface area contributed by atoms with Crippen LogP contribution in [0, 0.1) is 11.8 Å². The lowest BCUT2D eigenvalue weighted by molar-refractivity contribution is 0.450. The number of rotatable bonds is 5. The monoisotopic (exact) mass is 195 g/mol. The smallest absolute Gasteiger partial charge is 0.0725 e. The molecule has 1 heterocycles. The van der Waals surface area contributed by atoms with Crippen molar-refractivity contribution in [1.29, 1.82) is 0 Å². The second kappa shape index (κ2) is 5.13. The Kier molecular flexibility index (Phi) is 4.11. The molecule has 0 unspecified atom stereocenters. The standard InChI is InChI=1S/C11H21N3/c1-9(2)5-6-11-7-12-13-14(11)8-10(3)4/h7,9-10H,5-6,8H2,1-4H3. The van der Waals surface area contributed by atoms with Crippen molar-refractivity contribution in [2.24, 2.45) is 11.8 Å². The molecule has 0 N–H and O–H groups in total. The van der Waals surface area contributed by atoms with E-state index in [9.17, 15) is 0 Å². The summed E-state index contributed by atoms with van der Waals surface area (Å²) >= 11 is 0. The fraction of sp³-hybridized carbons (Fsp3) is 0.818. The lowest BCUT2D eigenvalue weighted by Crippen LogP contribution is -2.10. The van der Waals surface area contributed by atoms with Gasteiger partial charge in [-0.1, -0.05) is 32.9 Å². The van der Waals surface area contributed by atoms with E-state index in [4.69, 9.17) is 0 Å². The van der Waals surface area contributed by atoms with Gasteiger partial charge in [0.05, 0.1) is 11.9 Å². The third-order valence-electron chi connectivity index (χ3n) is 2.21. The van der Waals surface area contributed by atoms with Gasteiger partial charge < -0.3 is 0 Å². The Labute approximate surface area is 86.5 Å². The number of hydrogen-bond donors (Lipinski definition) is 0. The molecule has 0 bridgehead atoms. The predicted octanol–water partition coefficient (Wildman–Crippen LogP) is 2.52. The zero-order valence-corrected chi connectivity index (χ0v) is 9.70. The maximum absolute atomic E-state index is 4.10. The van der Waals surface area contributed by atoms with Gasteiger partial charge in [0.25, 0.3) is 0 Å². The van der Waals surface area contributed by atoms with E-state index in [1.807, 2.05) is 10.9 Å². The molecule has 0 atom stereocenters. The molecule has 0 saturated heterocycles. The molecule has 0 aliphatic carbocycles. The maximum Gasteiger partial charge on any atom is 0.0725 e. The van der Waals surface area contributed by atoms with Crippen LogP contribution in [0.1, 0.15) is 39.8 Å². The van der Waals surface area contributed by atoms with E-state index in [0.717, 1.165) is 18.9 Å². The molecule has 1 rings (SSSR count). The van der Waals surface area contributed by atoms with Crippen molar-refractivity contribution < 1.29 is 0 Å². The molecule has 80 valence electrons. The summed E-state index contributed by atoms with van der Waals surface area (Å²) in [6.07, 6.45) is 4.20. The fourth-order valence-corrected chi connectivity index (χ4v) is 1.41. The van der Waals surface area contributed by atoms with Crippen molar-refractivity contribution >= 4 is 0 Å². The van der Waals surface area contributed by atoms with Crippen LogP contribution < -0.4 is 0 Å². The van der Waals surface area contributed by atoms with Gasteiger partial charge in [-0.15, -0.1) is 5.10 Å². The van der Waals surface area contributed by atoms with Gasteiger partial charge in [-0.2, -0.15) is 0 Å². The Hall–Kier alpha value is -0.860. The van der Waals surface area contributed by atoms with Gasteiger partial charge in [0.2, 0.25) is 0 Å². The topological polar surface area (TPSA) is 30.7 Å². The minimum absolute atomic E-state index is 0.634. The normalized spacial score (nSPS) is 11.6. The first kappa shape index (κ1) is 11.2. The van der Waals surface area contributed by atoms with E-state index in [0.29, 0.717) is 5.92 Å². The largest absolute Gasteiger partial charge is 0.249 e.